The second-order valence-electron chi connectivity index (χ2n) is 5.60. The van der Waals surface area contributed by atoms with Gasteiger partial charge in [-0.25, -0.2) is 0 Å². The lowest BCUT2D eigenvalue weighted by atomic mass is 9.84. The fraction of sp³-hybridized carbons (Fsp3) is 1.00. The van der Waals surface area contributed by atoms with Gasteiger partial charge in [-0.05, 0) is 50.7 Å². The van der Waals surface area contributed by atoms with Crippen LogP contribution < -0.4 is 5.32 Å². The summed E-state index contributed by atoms with van der Waals surface area (Å²) in [6, 6.07) is 0.794. The van der Waals surface area contributed by atoms with Crippen molar-refractivity contribution < 1.29 is 0 Å². The Balaban J connectivity index is 2.31. The Labute approximate surface area is 113 Å². The van der Waals surface area contributed by atoms with Crippen molar-refractivity contribution in [2.24, 2.45) is 5.92 Å². The summed E-state index contributed by atoms with van der Waals surface area (Å²) >= 11 is 2.05. The predicted octanol–water partition coefficient (Wildman–Crippen LogP) is 4.47. The van der Waals surface area contributed by atoms with Crippen LogP contribution in [0.5, 0.6) is 0 Å². The molecule has 1 fully saturated rings. The van der Waals surface area contributed by atoms with E-state index in [0.29, 0.717) is 4.75 Å². The van der Waals surface area contributed by atoms with Crippen LogP contribution in [-0.2, 0) is 0 Å². The Morgan fingerprint density at radius 3 is 2.06 bits per heavy atom. The van der Waals surface area contributed by atoms with E-state index in [1.54, 1.807) is 0 Å². The van der Waals surface area contributed by atoms with Crippen molar-refractivity contribution in [3.05, 3.63) is 0 Å². The van der Waals surface area contributed by atoms with Crippen molar-refractivity contribution in [2.75, 3.05) is 12.8 Å². The highest BCUT2D eigenvalue weighted by molar-refractivity contribution is 8.00. The fourth-order valence-corrected chi connectivity index (χ4v) is 3.77. The van der Waals surface area contributed by atoms with Gasteiger partial charge in [0, 0.05) is 17.3 Å². The normalized spacial score (nSPS) is 26.1. The van der Waals surface area contributed by atoms with Crippen LogP contribution in [-0.4, -0.2) is 23.6 Å². The number of nitrogens with one attached hydrogen (secondary N) is 1. The summed E-state index contributed by atoms with van der Waals surface area (Å²) in [5, 5.41) is 3.84. The molecule has 0 aliphatic heterocycles. The van der Waals surface area contributed by atoms with Gasteiger partial charge in [-0.15, -0.1) is 0 Å². The van der Waals surface area contributed by atoms with Gasteiger partial charge in [0.15, 0.2) is 0 Å². The summed E-state index contributed by atoms with van der Waals surface area (Å²) in [6.07, 6.45) is 11.9. The molecular weight excluding hydrogens is 226 g/mol. The molecule has 0 heterocycles. The molecule has 0 amide bonds. The smallest absolute Gasteiger partial charge is 0.0276 e. The minimum Gasteiger partial charge on any atom is -0.313 e. The molecule has 1 aliphatic rings. The first-order valence-electron chi connectivity index (χ1n) is 7.48. The van der Waals surface area contributed by atoms with Gasteiger partial charge in [0.1, 0.15) is 0 Å². The third-order valence-electron chi connectivity index (χ3n) is 4.86. The van der Waals surface area contributed by atoms with Crippen LogP contribution in [0.3, 0.4) is 0 Å². The monoisotopic (exact) mass is 257 g/mol. The SMILES string of the molecule is CCC1CCC(NCC(CC)(CC)SC)CC1. The number of thioether (sulfide) groups is 1. The second kappa shape index (κ2) is 7.68. The molecule has 0 aromatic heterocycles. The summed E-state index contributed by atoms with van der Waals surface area (Å²) in [4.78, 5) is 0. The van der Waals surface area contributed by atoms with Crippen molar-refractivity contribution in [3.8, 4) is 0 Å². The van der Waals surface area contributed by atoms with E-state index < -0.39 is 0 Å². The van der Waals surface area contributed by atoms with Gasteiger partial charge in [0.05, 0.1) is 0 Å². The summed E-state index contributed by atoms with van der Waals surface area (Å²) in [7, 11) is 0. The number of hydrogen-bond acceptors (Lipinski definition) is 2. The van der Waals surface area contributed by atoms with Crippen LogP contribution >= 0.6 is 11.8 Å². The van der Waals surface area contributed by atoms with E-state index in [4.69, 9.17) is 0 Å². The quantitative estimate of drug-likeness (QED) is 0.722. The van der Waals surface area contributed by atoms with Crippen molar-refractivity contribution in [2.45, 2.75) is 76.5 Å². The van der Waals surface area contributed by atoms with Crippen LogP contribution in [0.1, 0.15) is 65.7 Å². The summed E-state index contributed by atoms with van der Waals surface area (Å²) < 4.78 is 0.474. The highest BCUT2D eigenvalue weighted by Crippen LogP contribution is 2.31. The molecule has 1 nitrogen and oxygen atoms in total. The Kier molecular flexibility index (Phi) is 6.94. The fourth-order valence-electron chi connectivity index (χ4n) is 2.97. The van der Waals surface area contributed by atoms with Gasteiger partial charge in [0.2, 0.25) is 0 Å². The highest BCUT2D eigenvalue weighted by atomic mass is 32.2. The third kappa shape index (κ3) is 4.48. The molecule has 0 bridgehead atoms. The van der Waals surface area contributed by atoms with Crippen molar-refractivity contribution in [3.63, 3.8) is 0 Å². The third-order valence-corrected chi connectivity index (χ3v) is 6.45. The molecule has 0 atom stereocenters. The Bertz CT molecular complexity index is 185. The summed E-state index contributed by atoms with van der Waals surface area (Å²) in [6.45, 7) is 8.19. The molecule has 0 saturated heterocycles. The number of hydrogen-bond donors (Lipinski definition) is 1. The maximum atomic E-state index is 3.84. The molecule has 0 radical (unpaired) electrons. The largest absolute Gasteiger partial charge is 0.313 e. The molecule has 1 aliphatic carbocycles. The van der Waals surface area contributed by atoms with Crippen molar-refractivity contribution in [1.82, 2.24) is 5.32 Å². The molecular formula is C15H31NS. The van der Waals surface area contributed by atoms with E-state index in [2.05, 4.69) is 32.3 Å². The van der Waals surface area contributed by atoms with Crippen LogP contribution in [0, 0.1) is 5.92 Å². The summed E-state index contributed by atoms with van der Waals surface area (Å²) in [5.41, 5.74) is 0. The van der Waals surface area contributed by atoms with E-state index in [9.17, 15) is 0 Å². The highest BCUT2D eigenvalue weighted by Gasteiger charge is 2.27. The van der Waals surface area contributed by atoms with E-state index in [0.717, 1.165) is 12.0 Å². The molecule has 0 unspecified atom stereocenters. The molecule has 1 saturated carbocycles. The van der Waals surface area contributed by atoms with Gasteiger partial charge < -0.3 is 5.32 Å². The van der Waals surface area contributed by atoms with Crippen LogP contribution in [0.15, 0.2) is 0 Å². The molecule has 1 N–H and O–H groups in total. The maximum absolute atomic E-state index is 3.84. The Morgan fingerprint density at radius 2 is 1.65 bits per heavy atom. The molecule has 1 rings (SSSR count). The lowest BCUT2D eigenvalue weighted by Gasteiger charge is -2.34. The standard InChI is InChI=1S/C15H31NS/c1-5-13-8-10-14(11-9-13)16-12-15(6-2,7-3)17-4/h13-14,16H,5-12H2,1-4H3. The topological polar surface area (TPSA) is 12.0 Å². The van der Waals surface area contributed by atoms with Crippen LogP contribution in [0.4, 0.5) is 0 Å². The molecule has 2 heteroatoms. The van der Waals surface area contributed by atoms with Gasteiger partial charge in [-0.3, -0.25) is 0 Å². The minimum atomic E-state index is 0.474. The van der Waals surface area contributed by atoms with Gasteiger partial charge in [0.25, 0.3) is 0 Å². The van der Waals surface area contributed by atoms with E-state index in [1.165, 1.54) is 51.5 Å². The maximum Gasteiger partial charge on any atom is 0.0276 e. The second-order valence-corrected chi connectivity index (χ2v) is 6.88. The number of rotatable bonds is 7. The average Bonchev–Trinajstić information content (AvgIpc) is 2.41. The van der Waals surface area contributed by atoms with E-state index >= 15 is 0 Å². The molecule has 0 spiro atoms. The first kappa shape index (κ1) is 15.4. The van der Waals surface area contributed by atoms with Crippen molar-refractivity contribution in [1.29, 1.82) is 0 Å². The first-order valence-corrected chi connectivity index (χ1v) is 8.70. The van der Waals surface area contributed by atoms with Crippen molar-refractivity contribution >= 4 is 11.8 Å². The predicted molar refractivity (Wildman–Crippen MR) is 80.9 cm³/mol. The lowest BCUT2D eigenvalue weighted by Crippen LogP contribution is -2.43. The molecule has 17 heavy (non-hydrogen) atoms. The molecule has 0 aromatic rings. The zero-order valence-electron chi connectivity index (χ0n) is 12.2. The minimum absolute atomic E-state index is 0.474. The Morgan fingerprint density at radius 1 is 1.06 bits per heavy atom. The average molecular weight is 257 g/mol. The first-order chi connectivity index (χ1) is 8.19. The lowest BCUT2D eigenvalue weighted by molar-refractivity contribution is 0.279. The van der Waals surface area contributed by atoms with E-state index in [-0.39, 0.29) is 0 Å². The van der Waals surface area contributed by atoms with Gasteiger partial charge in [-0.1, -0.05) is 27.2 Å². The molecule has 102 valence electrons. The van der Waals surface area contributed by atoms with Gasteiger partial charge >= 0.3 is 0 Å². The zero-order valence-corrected chi connectivity index (χ0v) is 13.0. The van der Waals surface area contributed by atoms with Crippen LogP contribution in [0.25, 0.3) is 0 Å². The summed E-state index contributed by atoms with van der Waals surface area (Å²) in [5.74, 6) is 1.01. The zero-order chi connectivity index (χ0) is 12.7. The van der Waals surface area contributed by atoms with Gasteiger partial charge in [-0.2, -0.15) is 11.8 Å². The van der Waals surface area contributed by atoms with E-state index in [1.807, 2.05) is 11.8 Å². The Hall–Kier alpha value is 0.310. The molecule has 0 aromatic carbocycles. The van der Waals surface area contributed by atoms with Crippen LogP contribution in [0.2, 0.25) is 0 Å².